The monoisotopic (exact) mass is 282 g/mol. The molecule has 0 aliphatic carbocycles. The molecule has 0 unspecified atom stereocenters. The van der Waals surface area contributed by atoms with E-state index in [1.165, 1.54) is 11.1 Å². The largest absolute Gasteiger partial charge is 0.482 e. The van der Waals surface area contributed by atoms with E-state index in [0.717, 1.165) is 22.7 Å². The number of nitrogens with one attached hydrogen (secondary N) is 2. The van der Waals surface area contributed by atoms with Crippen molar-refractivity contribution in [1.82, 2.24) is 0 Å². The van der Waals surface area contributed by atoms with Gasteiger partial charge >= 0.3 is 0 Å². The van der Waals surface area contributed by atoms with Gasteiger partial charge in [0.05, 0.1) is 5.69 Å². The van der Waals surface area contributed by atoms with E-state index >= 15 is 0 Å². The third-order valence-corrected chi connectivity index (χ3v) is 3.76. The first-order valence-corrected chi connectivity index (χ1v) is 6.99. The molecular weight excluding hydrogens is 264 g/mol. The number of hydrogen-bond donors (Lipinski definition) is 2. The van der Waals surface area contributed by atoms with Gasteiger partial charge in [0, 0.05) is 12.2 Å². The average Bonchev–Trinajstić information content (AvgIpc) is 2.48. The zero-order chi connectivity index (χ0) is 14.8. The van der Waals surface area contributed by atoms with Gasteiger partial charge in [-0.25, -0.2) is 0 Å². The zero-order valence-electron chi connectivity index (χ0n) is 12.2. The average molecular weight is 282 g/mol. The van der Waals surface area contributed by atoms with Crippen LogP contribution in [0.4, 0.5) is 11.4 Å². The van der Waals surface area contributed by atoms with Gasteiger partial charge in [-0.15, -0.1) is 0 Å². The SMILES string of the molecule is Cc1cccc(NCc2ccc3c(c2)NC(=O)CO3)c1C. The van der Waals surface area contributed by atoms with Gasteiger partial charge in [0.25, 0.3) is 5.91 Å². The van der Waals surface area contributed by atoms with Crippen molar-refractivity contribution in [2.45, 2.75) is 20.4 Å². The third-order valence-electron chi connectivity index (χ3n) is 3.76. The van der Waals surface area contributed by atoms with E-state index in [0.29, 0.717) is 6.54 Å². The molecule has 108 valence electrons. The number of fused-ring (bicyclic) bond motifs is 1. The molecule has 0 aromatic heterocycles. The van der Waals surface area contributed by atoms with Crippen LogP contribution in [0.25, 0.3) is 0 Å². The molecule has 0 fully saturated rings. The summed E-state index contributed by atoms with van der Waals surface area (Å²) < 4.78 is 5.36. The van der Waals surface area contributed by atoms with E-state index < -0.39 is 0 Å². The molecule has 2 N–H and O–H groups in total. The van der Waals surface area contributed by atoms with Crippen LogP contribution in [-0.2, 0) is 11.3 Å². The van der Waals surface area contributed by atoms with Crippen LogP contribution < -0.4 is 15.4 Å². The summed E-state index contributed by atoms with van der Waals surface area (Å²) in [7, 11) is 0. The van der Waals surface area contributed by atoms with E-state index in [2.05, 4.69) is 36.6 Å². The van der Waals surface area contributed by atoms with Crippen LogP contribution >= 0.6 is 0 Å². The standard InChI is InChI=1S/C17H18N2O2/c1-11-4-3-5-14(12(11)2)18-9-13-6-7-16-15(8-13)19-17(20)10-21-16/h3-8,18H,9-10H2,1-2H3,(H,19,20). The van der Waals surface area contributed by atoms with Crippen LogP contribution in [0.1, 0.15) is 16.7 Å². The lowest BCUT2D eigenvalue weighted by Gasteiger charge is -2.19. The number of carbonyl (C=O) groups excluding carboxylic acids is 1. The Kier molecular flexibility index (Phi) is 3.52. The lowest BCUT2D eigenvalue weighted by molar-refractivity contribution is -0.118. The third kappa shape index (κ3) is 2.84. The molecule has 2 aromatic rings. The summed E-state index contributed by atoms with van der Waals surface area (Å²) in [6.07, 6.45) is 0. The number of aryl methyl sites for hydroxylation is 1. The Hall–Kier alpha value is -2.49. The molecule has 1 aliphatic heterocycles. The van der Waals surface area contributed by atoms with E-state index in [-0.39, 0.29) is 12.5 Å². The highest BCUT2D eigenvalue weighted by Crippen LogP contribution is 2.29. The van der Waals surface area contributed by atoms with Crippen LogP contribution in [-0.4, -0.2) is 12.5 Å². The van der Waals surface area contributed by atoms with Crippen LogP contribution in [0.3, 0.4) is 0 Å². The topological polar surface area (TPSA) is 50.4 Å². The molecule has 3 rings (SSSR count). The number of rotatable bonds is 3. The van der Waals surface area contributed by atoms with Gasteiger partial charge in [-0.1, -0.05) is 18.2 Å². The maximum atomic E-state index is 11.3. The fourth-order valence-corrected chi connectivity index (χ4v) is 2.38. The quantitative estimate of drug-likeness (QED) is 0.908. The smallest absolute Gasteiger partial charge is 0.262 e. The minimum absolute atomic E-state index is 0.0904. The summed E-state index contributed by atoms with van der Waals surface area (Å²) in [5, 5.41) is 6.26. The Morgan fingerprint density at radius 2 is 2.10 bits per heavy atom. The Morgan fingerprint density at radius 1 is 1.24 bits per heavy atom. The minimum atomic E-state index is -0.109. The number of amides is 1. The number of ether oxygens (including phenoxy) is 1. The normalized spacial score (nSPS) is 13.1. The molecule has 0 bridgehead atoms. The van der Waals surface area contributed by atoms with E-state index in [9.17, 15) is 4.79 Å². The molecule has 2 aromatic carbocycles. The second-order valence-corrected chi connectivity index (χ2v) is 5.27. The molecular formula is C17H18N2O2. The van der Waals surface area contributed by atoms with Gasteiger partial charge in [0.1, 0.15) is 5.75 Å². The van der Waals surface area contributed by atoms with Gasteiger partial charge in [-0.3, -0.25) is 4.79 Å². The molecule has 1 aliphatic rings. The van der Waals surface area contributed by atoms with Crippen molar-refractivity contribution in [3.8, 4) is 5.75 Å². The van der Waals surface area contributed by atoms with Crippen LogP contribution in [0.2, 0.25) is 0 Å². The van der Waals surface area contributed by atoms with E-state index in [1.807, 2.05) is 24.3 Å². The molecule has 0 saturated heterocycles. The van der Waals surface area contributed by atoms with Gasteiger partial charge in [0.15, 0.2) is 6.61 Å². The Bertz CT molecular complexity index is 695. The summed E-state index contributed by atoms with van der Waals surface area (Å²) in [6, 6.07) is 12.1. The minimum Gasteiger partial charge on any atom is -0.482 e. The van der Waals surface area contributed by atoms with Crippen LogP contribution in [0.5, 0.6) is 5.75 Å². The molecule has 21 heavy (non-hydrogen) atoms. The van der Waals surface area contributed by atoms with Crippen molar-refractivity contribution in [1.29, 1.82) is 0 Å². The fourth-order valence-electron chi connectivity index (χ4n) is 2.38. The first-order chi connectivity index (χ1) is 10.1. The zero-order valence-corrected chi connectivity index (χ0v) is 12.2. The molecule has 0 radical (unpaired) electrons. The maximum absolute atomic E-state index is 11.3. The highest BCUT2D eigenvalue weighted by Gasteiger charge is 2.15. The molecule has 4 nitrogen and oxygen atoms in total. The number of hydrogen-bond acceptors (Lipinski definition) is 3. The van der Waals surface area contributed by atoms with E-state index in [1.54, 1.807) is 0 Å². The van der Waals surface area contributed by atoms with Crippen LogP contribution in [0.15, 0.2) is 36.4 Å². The summed E-state index contributed by atoms with van der Waals surface area (Å²) in [4.78, 5) is 11.3. The molecule has 4 heteroatoms. The summed E-state index contributed by atoms with van der Waals surface area (Å²) in [6.45, 7) is 5.01. The Labute approximate surface area is 124 Å². The fraction of sp³-hybridized carbons (Fsp3) is 0.235. The van der Waals surface area contributed by atoms with Crippen molar-refractivity contribution in [2.24, 2.45) is 0 Å². The van der Waals surface area contributed by atoms with Crippen molar-refractivity contribution in [2.75, 3.05) is 17.2 Å². The summed E-state index contributed by atoms with van der Waals surface area (Å²) >= 11 is 0. The highest BCUT2D eigenvalue weighted by molar-refractivity contribution is 5.95. The van der Waals surface area contributed by atoms with Gasteiger partial charge < -0.3 is 15.4 Å². The maximum Gasteiger partial charge on any atom is 0.262 e. The molecule has 0 saturated carbocycles. The van der Waals surface area contributed by atoms with E-state index in [4.69, 9.17) is 4.74 Å². The predicted molar refractivity (Wildman–Crippen MR) is 83.8 cm³/mol. The summed E-state index contributed by atoms with van der Waals surface area (Å²) in [5.41, 5.74) is 5.50. The van der Waals surface area contributed by atoms with Crippen LogP contribution in [0, 0.1) is 13.8 Å². The molecule has 0 spiro atoms. The van der Waals surface area contributed by atoms with Gasteiger partial charge in [0.2, 0.25) is 0 Å². The molecule has 1 heterocycles. The second kappa shape index (κ2) is 5.48. The Balaban J connectivity index is 1.75. The van der Waals surface area contributed by atoms with Crippen molar-refractivity contribution >= 4 is 17.3 Å². The number of benzene rings is 2. The lowest BCUT2D eigenvalue weighted by Crippen LogP contribution is -2.25. The van der Waals surface area contributed by atoms with Gasteiger partial charge in [-0.05, 0) is 48.7 Å². The van der Waals surface area contributed by atoms with Crippen molar-refractivity contribution in [3.63, 3.8) is 0 Å². The molecule has 1 amide bonds. The van der Waals surface area contributed by atoms with Crippen molar-refractivity contribution in [3.05, 3.63) is 53.1 Å². The first-order valence-electron chi connectivity index (χ1n) is 6.99. The van der Waals surface area contributed by atoms with Crippen molar-refractivity contribution < 1.29 is 9.53 Å². The molecule has 0 atom stereocenters. The number of carbonyl (C=O) groups is 1. The second-order valence-electron chi connectivity index (χ2n) is 5.27. The predicted octanol–water partition coefficient (Wildman–Crippen LogP) is 3.25. The summed E-state index contributed by atoms with van der Waals surface area (Å²) in [5.74, 6) is 0.618. The Morgan fingerprint density at radius 3 is 2.95 bits per heavy atom. The highest BCUT2D eigenvalue weighted by atomic mass is 16.5. The number of anilines is 2. The first kappa shape index (κ1) is 13.5. The van der Waals surface area contributed by atoms with Gasteiger partial charge in [-0.2, -0.15) is 0 Å². The lowest BCUT2D eigenvalue weighted by atomic mass is 10.1.